The van der Waals surface area contributed by atoms with Crippen LogP contribution in [0.4, 0.5) is 4.79 Å². The van der Waals surface area contributed by atoms with E-state index in [0.29, 0.717) is 12.6 Å². The first kappa shape index (κ1) is 18.5. The molecule has 0 aromatic rings. The number of piperidine rings is 1. The molecule has 0 aromatic carbocycles. The van der Waals surface area contributed by atoms with Gasteiger partial charge in [0.2, 0.25) is 0 Å². The number of ether oxygens (including phenoxy) is 1. The van der Waals surface area contributed by atoms with Crippen LogP contribution in [-0.2, 0) is 4.74 Å². The summed E-state index contributed by atoms with van der Waals surface area (Å²) in [6.45, 7) is 8.31. The molecule has 1 unspecified atom stereocenters. The van der Waals surface area contributed by atoms with E-state index in [1.165, 1.54) is 19.3 Å². The topological polar surface area (TPSA) is 61.8 Å². The third kappa shape index (κ3) is 5.64. The van der Waals surface area contributed by atoms with Crippen molar-refractivity contribution in [3.05, 3.63) is 0 Å². The third-order valence-corrected chi connectivity index (χ3v) is 5.09. The largest absolute Gasteiger partial charge is 0.444 e. The maximum absolute atomic E-state index is 12.2. The van der Waals surface area contributed by atoms with Gasteiger partial charge in [0.25, 0.3) is 0 Å². The average Bonchev–Trinajstić information content (AvgIpc) is 2.52. The van der Waals surface area contributed by atoms with Gasteiger partial charge in [-0.25, -0.2) is 4.79 Å². The Hall–Kier alpha value is -0.810. The molecule has 23 heavy (non-hydrogen) atoms. The number of hydrogen-bond acceptors (Lipinski definition) is 4. The first-order valence-corrected chi connectivity index (χ1v) is 9.16. The standard InChI is InChI=1S/C18H34N2O3/c1-17(2,3)23-16(22)20-11-7-8-15(12-20)19-13-18(14-21)9-5-4-6-10-18/h15,19,21H,4-14H2,1-3H3. The summed E-state index contributed by atoms with van der Waals surface area (Å²) in [5.74, 6) is 0. The predicted molar refractivity (Wildman–Crippen MR) is 91.4 cm³/mol. The van der Waals surface area contributed by atoms with Gasteiger partial charge in [-0.1, -0.05) is 19.3 Å². The van der Waals surface area contributed by atoms with E-state index in [4.69, 9.17) is 4.74 Å². The summed E-state index contributed by atoms with van der Waals surface area (Å²) in [6.07, 6.45) is 7.83. The molecule has 0 bridgehead atoms. The number of aliphatic hydroxyl groups is 1. The number of nitrogens with one attached hydrogen (secondary N) is 1. The highest BCUT2D eigenvalue weighted by Crippen LogP contribution is 2.35. The SMILES string of the molecule is CC(C)(C)OC(=O)N1CCCC(NCC2(CO)CCCCC2)C1. The fraction of sp³-hybridized carbons (Fsp3) is 0.944. The van der Waals surface area contributed by atoms with Crippen molar-refractivity contribution >= 4 is 6.09 Å². The lowest BCUT2D eigenvalue weighted by molar-refractivity contribution is 0.0171. The maximum Gasteiger partial charge on any atom is 0.410 e. The number of aliphatic hydroxyl groups excluding tert-OH is 1. The van der Waals surface area contributed by atoms with Crippen molar-refractivity contribution in [1.29, 1.82) is 0 Å². The number of carbonyl (C=O) groups excluding carboxylic acids is 1. The molecule has 1 amide bonds. The maximum atomic E-state index is 12.2. The first-order chi connectivity index (χ1) is 10.8. The quantitative estimate of drug-likeness (QED) is 0.834. The van der Waals surface area contributed by atoms with Gasteiger partial charge < -0.3 is 20.1 Å². The second kappa shape index (κ2) is 7.84. The molecular weight excluding hydrogens is 292 g/mol. The third-order valence-electron chi connectivity index (χ3n) is 5.09. The summed E-state index contributed by atoms with van der Waals surface area (Å²) < 4.78 is 5.48. The van der Waals surface area contributed by atoms with E-state index < -0.39 is 5.60 Å². The molecule has 0 radical (unpaired) electrons. The average molecular weight is 326 g/mol. The molecule has 2 N–H and O–H groups in total. The molecule has 0 spiro atoms. The van der Waals surface area contributed by atoms with E-state index in [0.717, 1.165) is 38.8 Å². The van der Waals surface area contributed by atoms with Gasteiger partial charge >= 0.3 is 6.09 Å². The van der Waals surface area contributed by atoms with Crippen molar-refractivity contribution in [2.75, 3.05) is 26.2 Å². The van der Waals surface area contributed by atoms with E-state index in [2.05, 4.69) is 5.32 Å². The van der Waals surface area contributed by atoms with Gasteiger partial charge in [-0.3, -0.25) is 0 Å². The van der Waals surface area contributed by atoms with E-state index in [-0.39, 0.29) is 18.1 Å². The Morgan fingerprint density at radius 2 is 1.96 bits per heavy atom. The van der Waals surface area contributed by atoms with Crippen molar-refractivity contribution < 1.29 is 14.6 Å². The smallest absolute Gasteiger partial charge is 0.410 e. The highest BCUT2D eigenvalue weighted by molar-refractivity contribution is 5.68. The summed E-state index contributed by atoms with van der Waals surface area (Å²) in [6, 6.07) is 0.307. The van der Waals surface area contributed by atoms with Gasteiger partial charge in [0, 0.05) is 37.7 Å². The number of rotatable bonds is 4. The van der Waals surface area contributed by atoms with Crippen LogP contribution in [0.25, 0.3) is 0 Å². The monoisotopic (exact) mass is 326 g/mol. The van der Waals surface area contributed by atoms with Gasteiger partial charge in [0.1, 0.15) is 5.60 Å². The summed E-state index contributed by atoms with van der Waals surface area (Å²) in [7, 11) is 0. The summed E-state index contributed by atoms with van der Waals surface area (Å²) in [4.78, 5) is 14.0. The molecule has 5 nitrogen and oxygen atoms in total. The minimum atomic E-state index is -0.444. The molecule has 2 fully saturated rings. The minimum absolute atomic E-state index is 0.0481. The molecule has 5 heteroatoms. The predicted octanol–water partition coefficient (Wildman–Crippen LogP) is 2.92. The molecule has 1 saturated heterocycles. The van der Waals surface area contributed by atoms with Crippen molar-refractivity contribution in [2.24, 2.45) is 5.41 Å². The Balaban J connectivity index is 1.82. The van der Waals surface area contributed by atoms with Gasteiger partial charge in [0.05, 0.1) is 0 Å². The number of nitrogens with zero attached hydrogens (tertiary/aromatic N) is 1. The lowest BCUT2D eigenvalue weighted by Crippen LogP contribution is -2.52. The van der Waals surface area contributed by atoms with Gasteiger partial charge in [-0.05, 0) is 46.5 Å². The van der Waals surface area contributed by atoms with Crippen LogP contribution < -0.4 is 5.32 Å². The van der Waals surface area contributed by atoms with Crippen LogP contribution in [0.2, 0.25) is 0 Å². The van der Waals surface area contributed by atoms with Crippen LogP contribution in [0, 0.1) is 5.41 Å². The van der Waals surface area contributed by atoms with Crippen LogP contribution >= 0.6 is 0 Å². The molecule has 2 aliphatic rings. The molecule has 1 saturated carbocycles. The van der Waals surface area contributed by atoms with Crippen molar-refractivity contribution in [3.63, 3.8) is 0 Å². The van der Waals surface area contributed by atoms with E-state index >= 15 is 0 Å². The van der Waals surface area contributed by atoms with E-state index in [1.807, 2.05) is 25.7 Å². The molecule has 1 atom stereocenters. The molecule has 1 aliphatic carbocycles. The van der Waals surface area contributed by atoms with Crippen LogP contribution in [0.15, 0.2) is 0 Å². The molecule has 2 rings (SSSR count). The molecule has 1 heterocycles. The van der Waals surface area contributed by atoms with E-state index in [9.17, 15) is 9.90 Å². The molecule has 134 valence electrons. The Bertz CT molecular complexity index is 386. The fourth-order valence-electron chi connectivity index (χ4n) is 3.69. The molecule has 1 aliphatic heterocycles. The molecular formula is C18H34N2O3. The highest BCUT2D eigenvalue weighted by Gasteiger charge is 2.33. The van der Waals surface area contributed by atoms with Crippen molar-refractivity contribution in [3.8, 4) is 0 Å². The Morgan fingerprint density at radius 3 is 2.57 bits per heavy atom. The van der Waals surface area contributed by atoms with Gasteiger partial charge in [-0.2, -0.15) is 0 Å². The summed E-state index contributed by atoms with van der Waals surface area (Å²) in [5.41, 5.74) is -0.396. The number of likely N-dealkylation sites (tertiary alicyclic amines) is 1. The number of amides is 1. The minimum Gasteiger partial charge on any atom is -0.444 e. The highest BCUT2D eigenvalue weighted by atomic mass is 16.6. The van der Waals surface area contributed by atoms with Crippen LogP contribution in [0.1, 0.15) is 65.7 Å². The van der Waals surface area contributed by atoms with Crippen molar-refractivity contribution in [2.45, 2.75) is 77.4 Å². The van der Waals surface area contributed by atoms with Crippen molar-refractivity contribution in [1.82, 2.24) is 10.2 Å². The zero-order valence-corrected chi connectivity index (χ0v) is 15.1. The van der Waals surface area contributed by atoms with Crippen LogP contribution in [-0.4, -0.2) is 54.0 Å². The van der Waals surface area contributed by atoms with Gasteiger partial charge in [0.15, 0.2) is 0 Å². The fourth-order valence-corrected chi connectivity index (χ4v) is 3.69. The zero-order chi connectivity index (χ0) is 16.9. The Kier molecular flexibility index (Phi) is 6.32. The van der Waals surface area contributed by atoms with Crippen LogP contribution in [0.5, 0.6) is 0 Å². The second-order valence-electron chi connectivity index (χ2n) is 8.37. The Morgan fingerprint density at radius 1 is 1.26 bits per heavy atom. The van der Waals surface area contributed by atoms with E-state index in [1.54, 1.807) is 0 Å². The first-order valence-electron chi connectivity index (χ1n) is 9.16. The normalized spacial score (nSPS) is 25.2. The number of hydrogen-bond donors (Lipinski definition) is 2. The van der Waals surface area contributed by atoms with Crippen LogP contribution in [0.3, 0.4) is 0 Å². The van der Waals surface area contributed by atoms with Gasteiger partial charge in [-0.15, -0.1) is 0 Å². The summed E-state index contributed by atoms with van der Waals surface area (Å²) in [5, 5.41) is 13.4. The number of carbonyl (C=O) groups is 1. The molecule has 0 aromatic heterocycles. The lowest BCUT2D eigenvalue weighted by atomic mass is 9.74. The summed E-state index contributed by atoms with van der Waals surface area (Å²) >= 11 is 0. The zero-order valence-electron chi connectivity index (χ0n) is 15.1. The Labute approximate surface area is 140 Å². The second-order valence-corrected chi connectivity index (χ2v) is 8.37. The lowest BCUT2D eigenvalue weighted by Gasteiger charge is -2.39.